The van der Waals surface area contributed by atoms with Gasteiger partial charge in [-0.05, 0) is 0 Å². The van der Waals surface area contributed by atoms with E-state index >= 15 is 0 Å². The predicted octanol–water partition coefficient (Wildman–Crippen LogP) is -3.63. The van der Waals surface area contributed by atoms with Crippen LogP contribution in [0.25, 0.3) is 0 Å². The number of Topliss-reactive ketones (excluding diaryl/α,β-unsaturated/α-hetero) is 3. The number of aliphatic hydroxyl groups is 7. The van der Waals surface area contributed by atoms with Crippen molar-refractivity contribution in [3.05, 3.63) is 35.4 Å². The van der Waals surface area contributed by atoms with E-state index in [1.807, 2.05) is 0 Å². The van der Waals surface area contributed by atoms with E-state index in [0.29, 0.717) is 0 Å². The lowest BCUT2D eigenvalue weighted by Gasteiger charge is -2.19. The third-order valence-corrected chi connectivity index (χ3v) is 3.44. The second-order valence-corrected chi connectivity index (χ2v) is 5.19. The monoisotopic (exact) mass is 358 g/mol. The molecule has 1 aliphatic rings. The smallest absolute Gasteiger partial charge is 0.295 e. The molecule has 1 aromatic carbocycles. The first-order valence-electron chi connectivity index (χ1n) is 7.01. The Kier molecular flexibility index (Phi) is 7.02. The van der Waals surface area contributed by atoms with Gasteiger partial charge in [0, 0.05) is 11.1 Å². The Morgan fingerprint density at radius 3 is 1.76 bits per heavy atom. The average molecular weight is 358 g/mol. The molecule has 10 nitrogen and oxygen atoms in total. The molecule has 2 rings (SSSR count). The first kappa shape index (κ1) is 21.0. The van der Waals surface area contributed by atoms with E-state index in [0.717, 1.165) is 0 Å². The highest BCUT2D eigenvalue weighted by atomic mass is 16.5. The number of carbonyl (C=O) groups is 3. The first-order valence-corrected chi connectivity index (χ1v) is 7.01. The molecule has 10 heteroatoms. The van der Waals surface area contributed by atoms with E-state index in [-0.39, 0.29) is 11.1 Å². The van der Waals surface area contributed by atoms with Gasteiger partial charge in [0.15, 0.2) is 5.78 Å². The van der Waals surface area contributed by atoms with Gasteiger partial charge in [-0.15, -0.1) is 0 Å². The minimum absolute atomic E-state index is 0.0671. The molecule has 138 valence electrons. The molecule has 25 heavy (non-hydrogen) atoms. The third kappa shape index (κ3) is 4.32. The van der Waals surface area contributed by atoms with Crippen LogP contribution in [-0.4, -0.2) is 90.4 Å². The van der Waals surface area contributed by atoms with E-state index in [9.17, 15) is 14.4 Å². The molecule has 1 aromatic rings. The van der Waals surface area contributed by atoms with E-state index in [2.05, 4.69) is 0 Å². The summed E-state index contributed by atoms with van der Waals surface area (Å²) in [6.45, 7) is -1.69. The molecule has 0 saturated heterocycles. The van der Waals surface area contributed by atoms with Crippen LogP contribution in [0, 0.1) is 0 Å². The molecule has 3 unspecified atom stereocenters. The lowest BCUT2D eigenvalue weighted by Crippen LogP contribution is -2.44. The number of carbonyl (C=O) groups excluding carboxylic acids is 3. The first-order chi connectivity index (χ1) is 11.6. The highest BCUT2D eigenvalue weighted by molar-refractivity contribution is 6.30. The van der Waals surface area contributed by atoms with Gasteiger partial charge in [-0.25, -0.2) is 0 Å². The van der Waals surface area contributed by atoms with Crippen LogP contribution in [0.2, 0.25) is 0 Å². The summed E-state index contributed by atoms with van der Waals surface area (Å²) in [6.07, 6.45) is -5.22. The Labute approximate surface area is 141 Å². The zero-order chi connectivity index (χ0) is 19.4. The molecule has 0 saturated carbocycles. The van der Waals surface area contributed by atoms with Gasteiger partial charge in [0.25, 0.3) is 5.79 Å². The number of benzene rings is 1. The minimum atomic E-state index is -2.86. The number of rotatable bonds is 5. The fourth-order valence-corrected chi connectivity index (χ4v) is 1.96. The average Bonchev–Trinajstić information content (AvgIpc) is 2.80. The fraction of sp³-hybridized carbons (Fsp3) is 0.400. The summed E-state index contributed by atoms with van der Waals surface area (Å²) in [5, 5.41) is 61.3. The van der Waals surface area contributed by atoms with Crippen molar-refractivity contribution in [2.75, 3.05) is 13.2 Å². The van der Waals surface area contributed by atoms with Gasteiger partial charge in [0.2, 0.25) is 11.6 Å². The summed E-state index contributed by atoms with van der Waals surface area (Å²) in [5.74, 6) is -5.76. The molecule has 0 radical (unpaired) electrons. The normalized spacial score (nSPS) is 18.7. The molecule has 7 N–H and O–H groups in total. The standard InChI is InChI=1S/C9H6O4.C6H12O6/c10-7-5-3-1-2-4-6(5)8(11)9(7,12)13;7-1-3(9)5(11)6(12)4(10)2-8/h1-4,12-13H;3,5-9,11-12H,1-2H2. The zero-order valence-corrected chi connectivity index (χ0v) is 12.8. The molecule has 0 spiro atoms. The van der Waals surface area contributed by atoms with Crippen LogP contribution < -0.4 is 0 Å². The summed E-state index contributed by atoms with van der Waals surface area (Å²) in [4.78, 5) is 32.9. The van der Waals surface area contributed by atoms with Crippen molar-refractivity contribution in [3.8, 4) is 0 Å². The van der Waals surface area contributed by atoms with Crippen molar-refractivity contribution in [1.29, 1.82) is 0 Å². The highest BCUT2D eigenvalue weighted by Gasteiger charge is 2.50. The van der Waals surface area contributed by atoms with Crippen molar-refractivity contribution in [1.82, 2.24) is 0 Å². The topological polar surface area (TPSA) is 193 Å². The molecule has 0 heterocycles. The van der Waals surface area contributed by atoms with Crippen LogP contribution in [0.4, 0.5) is 0 Å². The van der Waals surface area contributed by atoms with E-state index in [1.54, 1.807) is 12.1 Å². The van der Waals surface area contributed by atoms with Crippen LogP contribution in [0.1, 0.15) is 20.7 Å². The van der Waals surface area contributed by atoms with E-state index in [4.69, 9.17) is 35.7 Å². The Morgan fingerprint density at radius 1 is 0.960 bits per heavy atom. The van der Waals surface area contributed by atoms with Crippen LogP contribution in [0.5, 0.6) is 0 Å². The highest BCUT2D eigenvalue weighted by Crippen LogP contribution is 2.27. The van der Waals surface area contributed by atoms with Crippen LogP contribution in [-0.2, 0) is 4.79 Å². The molecule has 0 bridgehead atoms. The van der Waals surface area contributed by atoms with Gasteiger partial charge in [-0.1, -0.05) is 24.3 Å². The zero-order valence-electron chi connectivity index (χ0n) is 12.8. The van der Waals surface area contributed by atoms with Crippen molar-refractivity contribution in [2.45, 2.75) is 24.1 Å². The van der Waals surface area contributed by atoms with E-state index < -0.39 is 54.7 Å². The summed E-state index contributed by atoms with van der Waals surface area (Å²) < 4.78 is 0. The van der Waals surface area contributed by atoms with Crippen molar-refractivity contribution in [2.24, 2.45) is 0 Å². The van der Waals surface area contributed by atoms with Gasteiger partial charge < -0.3 is 35.7 Å². The Morgan fingerprint density at radius 2 is 1.40 bits per heavy atom. The number of fused-ring (bicyclic) bond motifs is 1. The molecule has 0 amide bonds. The fourth-order valence-electron chi connectivity index (χ4n) is 1.96. The van der Waals surface area contributed by atoms with Crippen LogP contribution in [0.15, 0.2) is 24.3 Å². The lowest BCUT2D eigenvalue weighted by molar-refractivity contribution is -0.142. The van der Waals surface area contributed by atoms with Gasteiger partial charge in [0.05, 0.1) is 6.61 Å². The van der Waals surface area contributed by atoms with Gasteiger partial charge in [-0.2, -0.15) is 0 Å². The third-order valence-electron chi connectivity index (χ3n) is 3.44. The number of hydrogen-bond acceptors (Lipinski definition) is 10. The molecular formula is C15H18O10. The Bertz CT molecular complexity index is 616. The molecule has 0 fully saturated rings. The van der Waals surface area contributed by atoms with Gasteiger partial charge in [0.1, 0.15) is 24.9 Å². The molecule has 3 atom stereocenters. The minimum Gasteiger partial charge on any atom is -0.394 e. The summed E-state index contributed by atoms with van der Waals surface area (Å²) in [6, 6.07) is 5.91. The van der Waals surface area contributed by atoms with Crippen molar-refractivity contribution < 1.29 is 50.1 Å². The molecule has 0 aliphatic heterocycles. The van der Waals surface area contributed by atoms with Crippen LogP contribution in [0.3, 0.4) is 0 Å². The summed E-state index contributed by atoms with van der Waals surface area (Å²) in [5.41, 5.74) is 0.134. The molecule has 0 aromatic heterocycles. The SMILES string of the molecule is O=C(CO)C(O)C(O)C(O)CO.O=C1c2ccccc2C(=O)C1(O)O. The van der Waals surface area contributed by atoms with Gasteiger partial charge in [-0.3, -0.25) is 14.4 Å². The van der Waals surface area contributed by atoms with E-state index in [1.165, 1.54) is 12.1 Å². The summed E-state index contributed by atoms with van der Waals surface area (Å²) in [7, 11) is 0. The molecular weight excluding hydrogens is 340 g/mol. The number of aliphatic hydroxyl groups excluding tert-OH is 5. The quantitative estimate of drug-likeness (QED) is 0.204. The lowest BCUT2D eigenvalue weighted by atomic mass is 10.1. The van der Waals surface area contributed by atoms with Crippen molar-refractivity contribution in [3.63, 3.8) is 0 Å². The molecule has 1 aliphatic carbocycles. The maximum atomic E-state index is 11.2. The maximum Gasteiger partial charge on any atom is 0.295 e. The largest absolute Gasteiger partial charge is 0.394 e. The second kappa shape index (κ2) is 8.36. The van der Waals surface area contributed by atoms with Gasteiger partial charge >= 0.3 is 0 Å². The maximum absolute atomic E-state index is 11.2. The number of hydrogen-bond donors (Lipinski definition) is 7. The predicted molar refractivity (Wildman–Crippen MR) is 79.5 cm³/mol. The second-order valence-electron chi connectivity index (χ2n) is 5.19. The number of ketones is 3. The van der Waals surface area contributed by atoms with Crippen molar-refractivity contribution >= 4 is 17.3 Å². The Balaban J connectivity index is 0.000000252. The Hall–Kier alpha value is -2.05. The summed E-state index contributed by atoms with van der Waals surface area (Å²) >= 11 is 0. The van der Waals surface area contributed by atoms with Crippen LogP contribution >= 0.6 is 0 Å².